The first-order chi connectivity index (χ1) is 11.6. The van der Waals surface area contributed by atoms with Gasteiger partial charge in [0.2, 0.25) is 5.91 Å². The zero-order valence-corrected chi connectivity index (χ0v) is 13.1. The van der Waals surface area contributed by atoms with Crippen molar-refractivity contribution in [2.75, 3.05) is 0 Å². The normalized spacial score (nSPS) is 22.2. The molecule has 2 aliphatic rings. The molecular weight excluding hydrogens is 313 g/mol. The van der Waals surface area contributed by atoms with Gasteiger partial charge in [0.15, 0.2) is 0 Å². The van der Waals surface area contributed by atoms with E-state index >= 15 is 0 Å². The number of fused-ring (bicyclic) bond motifs is 1. The zero-order valence-electron chi connectivity index (χ0n) is 13.1. The fraction of sp³-hybridized carbons (Fsp3) is 0.471. The van der Waals surface area contributed by atoms with Crippen molar-refractivity contribution in [2.45, 2.75) is 44.2 Å². The summed E-state index contributed by atoms with van der Waals surface area (Å²) in [4.78, 5) is 31.5. The van der Waals surface area contributed by atoms with Crippen LogP contribution in [0.15, 0.2) is 18.2 Å². The first kappa shape index (κ1) is 15.1. The van der Waals surface area contributed by atoms with Gasteiger partial charge in [-0.3, -0.25) is 9.59 Å². The average molecular weight is 331 g/mol. The van der Waals surface area contributed by atoms with Crippen molar-refractivity contribution in [3.8, 4) is 0 Å². The number of aromatic amines is 1. The Morgan fingerprint density at radius 3 is 3.00 bits per heavy atom. The van der Waals surface area contributed by atoms with Crippen LogP contribution in [0.3, 0.4) is 0 Å². The number of ether oxygens (including phenoxy) is 1. The molecule has 2 aromatic rings. The minimum Gasteiger partial charge on any atom is -0.458 e. The third-order valence-electron chi connectivity index (χ3n) is 5.01. The summed E-state index contributed by atoms with van der Waals surface area (Å²) in [5.41, 5.74) is 0.622. The molecule has 126 valence electrons. The SMILES string of the molecule is O=C1C[C@@H](C(=O)NCc2nc3ccc(F)cc3[nH]2)C2(CCCC2)O1. The van der Waals surface area contributed by atoms with E-state index in [4.69, 9.17) is 4.74 Å². The van der Waals surface area contributed by atoms with Crippen LogP contribution in [0.1, 0.15) is 37.9 Å². The monoisotopic (exact) mass is 331 g/mol. The highest BCUT2D eigenvalue weighted by Gasteiger charge is 2.53. The van der Waals surface area contributed by atoms with Crippen LogP contribution in [0.5, 0.6) is 0 Å². The van der Waals surface area contributed by atoms with Gasteiger partial charge in [-0.1, -0.05) is 0 Å². The Morgan fingerprint density at radius 2 is 2.21 bits per heavy atom. The van der Waals surface area contributed by atoms with Gasteiger partial charge < -0.3 is 15.0 Å². The van der Waals surface area contributed by atoms with Crippen LogP contribution in [-0.4, -0.2) is 27.4 Å². The van der Waals surface area contributed by atoms with Crippen molar-refractivity contribution in [1.82, 2.24) is 15.3 Å². The molecule has 2 N–H and O–H groups in total. The maximum absolute atomic E-state index is 13.2. The van der Waals surface area contributed by atoms with E-state index in [9.17, 15) is 14.0 Å². The number of hydrogen-bond donors (Lipinski definition) is 2. The van der Waals surface area contributed by atoms with Gasteiger partial charge in [0, 0.05) is 0 Å². The van der Waals surface area contributed by atoms with Crippen LogP contribution < -0.4 is 5.32 Å². The Balaban J connectivity index is 1.46. The van der Waals surface area contributed by atoms with E-state index in [1.165, 1.54) is 12.1 Å². The highest BCUT2D eigenvalue weighted by atomic mass is 19.1. The molecule has 1 aromatic carbocycles. The molecule has 1 amide bonds. The van der Waals surface area contributed by atoms with E-state index in [-0.39, 0.29) is 30.7 Å². The van der Waals surface area contributed by atoms with Gasteiger partial charge in [0.25, 0.3) is 0 Å². The summed E-state index contributed by atoms with van der Waals surface area (Å²) >= 11 is 0. The number of aromatic nitrogens is 2. The van der Waals surface area contributed by atoms with E-state index in [2.05, 4.69) is 15.3 Å². The molecule has 24 heavy (non-hydrogen) atoms. The third kappa shape index (κ3) is 2.53. The third-order valence-corrected chi connectivity index (χ3v) is 5.01. The van der Waals surface area contributed by atoms with Crippen molar-refractivity contribution in [1.29, 1.82) is 0 Å². The van der Waals surface area contributed by atoms with E-state index in [0.717, 1.165) is 25.7 Å². The van der Waals surface area contributed by atoms with Crippen molar-refractivity contribution in [2.24, 2.45) is 5.92 Å². The molecule has 1 saturated heterocycles. The molecule has 4 rings (SSSR count). The van der Waals surface area contributed by atoms with Crippen LogP contribution >= 0.6 is 0 Å². The van der Waals surface area contributed by atoms with Crippen molar-refractivity contribution in [3.05, 3.63) is 29.8 Å². The quantitative estimate of drug-likeness (QED) is 0.845. The number of halogens is 1. The molecule has 7 heteroatoms. The maximum Gasteiger partial charge on any atom is 0.307 e. The zero-order chi connectivity index (χ0) is 16.7. The average Bonchev–Trinajstić information content (AvgIpc) is 3.24. The lowest BCUT2D eigenvalue weighted by Gasteiger charge is -2.27. The van der Waals surface area contributed by atoms with Crippen LogP contribution in [-0.2, 0) is 20.9 Å². The Kier molecular flexibility index (Phi) is 3.51. The lowest BCUT2D eigenvalue weighted by atomic mass is 9.85. The van der Waals surface area contributed by atoms with Crippen LogP contribution in [0.25, 0.3) is 11.0 Å². The first-order valence-electron chi connectivity index (χ1n) is 8.19. The second-order valence-electron chi connectivity index (χ2n) is 6.57. The molecule has 1 aromatic heterocycles. The molecule has 0 radical (unpaired) electrons. The second-order valence-corrected chi connectivity index (χ2v) is 6.57. The van der Waals surface area contributed by atoms with Gasteiger partial charge >= 0.3 is 5.97 Å². The largest absolute Gasteiger partial charge is 0.458 e. The lowest BCUT2D eigenvalue weighted by molar-refractivity contribution is -0.150. The summed E-state index contributed by atoms with van der Waals surface area (Å²) < 4.78 is 18.7. The summed E-state index contributed by atoms with van der Waals surface area (Å²) in [7, 11) is 0. The maximum atomic E-state index is 13.2. The number of benzene rings is 1. The number of esters is 1. The number of H-pyrrole nitrogens is 1. The molecule has 0 bridgehead atoms. The van der Waals surface area contributed by atoms with Gasteiger partial charge in [-0.05, 0) is 43.9 Å². The Morgan fingerprint density at radius 1 is 1.42 bits per heavy atom. The number of amides is 1. The van der Waals surface area contributed by atoms with Gasteiger partial charge in [-0.15, -0.1) is 0 Å². The fourth-order valence-electron chi connectivity index (χ4n) is 3.86. The Bertz CT molecular complexity index is 811. The standard InChI is InChI=1S/C17H18FN3O3/c18-10-3-4-12-13(7-10)21-14(20-12)9-19-16(23)11-8-15(22)24-17(11)5-1-2-6-17/h3-4,7,11H,1-2,5-6,8-9H2,(H,19,23)(H,20,21)/t11-/m0/s1. The number of rotatable bonds is 3. The number of imidazole rings is 1. The van der Waals surface area contributed by atoms with Crippen LogP contribution in [0.4, 0.5) is 4.39 Å². The lowest BCUT2D eigenvalue weighted by Crippen LogP contribution is -2.42. The molecular formula is C17H18FN3O3. The van der Waals surface area contributed by atoms with E-state index < -0.39 is 11.5 Å². The fourth-order valence-corrected chi connectivity index (χ4v) is 3.86. The molecule has 2 fully saturated rings. The first-order valence-corrected chi connectivity index (χ1v) is 8.19. The molecule has 1 saturated carbocycles. The Labute approximate surface area is 137 Å². The topological polar surface area (TPSA) is 84.1 Å². The number of nitrogens with one attached hydrogen (secondary N) is 2. The molecule has 1 aliphatic heterocycles. The van der Waals surface area contributed by atoms with Gasteiger partial charge in [0.05, 0.1) is 29.9 Å². The molecule has 6 nitrogen and oxygen atoms in total. The summed E-state index contributed by atoms with van der Waals surface area (Å²) in [6.45, 7) is 0.204. The van der Waals surface area contributed by atoms with E-state index in [1.807, 2.05) is 0 Å². The minimum absolute atomic E-state index is 0.136. The predicted molar refractivity (Wildman–Crippen MR) is 83.3 cm³/mol. The van der Waals surface area contributed by atoms with Crippen LogP contribution in [0.2, 0.25) is 0 Å². The summed E-state index contributed by atoms with van der Waals surface area (Å²) in [5, 5.41) is 2.83. The number of carbonyl (C=O) groups is 2. The smallest absolute Gasteiger partial charge is 0.307 e. The minimum atomic E-state index is -0.613. The number of hydrogen-bond acceptors (Lipinski definition) is 4. The highest BCUT2D eigenvalue weighted by Crippen LogP contribution is 2.45. The molecule has 1 aliphatic carbocycles. The highest BCUT2D eigenvalue weighted by molar-refractivity contribution is 5.88. The van der Waals surface area contributed by atoms with Crippen molar-refractivity contribution in [3.63, 3.8) is 0 Å². The van der Waals surface area contributed by atoms with Gasteiger partial charge in [-0.2, -0.15) is 0 Å². The number of carbonyl (C=O) groups excluding carboxylic acids is 2. The van der Waals surface area contributed by atoms with Gasteiger partial charge in [-0.25, -0.2) is 9.37 Å². The molecule has 1 atom stereocenters. The van der Waals surface area contributed by atoms with E-state index in [1.54, 1.807) is 6.07 Å². The second kappa shape index (κ2) is 5.58. The van der Waals surface area contributed by atoms with E-state index in [0.29, 0.717) is 16.9 Å². The van der Waals surface area contributed by atoms with Crippen molar-refractivity contribution < 1.29 is 18.7 Å². The summed E-state index contributed by atoms with van der Waals surface area (Å²) in [6, 6.07) is 4.30. The molecule has 0 unspecified atom stereocenters. The van der Waals surface area contributed by atoms with Crippen molar-refractivity contribution >= 4 is 22.9 Å². The summed E-state index contributed by atoms with van der Waals surface area (Å²) in [6.07, 6.45) is 3.59. The van der Waals surface area contributed by atoms with Crippen LogP contribution in [0, 0.1) is 11.7 Å². The predicted octanol–water partition coefficient (Wildman–Crippen LogP) is 2.19. The summed E-state index contributed by atoms with van der Waals surface area (Å²) in [5.74, 6) is -0.707. The molecule has 1 spiro atoms. The van der Waals surface area contributed by atoms with Gasteiger partial charge in [0.1, 0.15) is 17.2 Å². The molecule has 2 heterocycles. The Hall–Kier alpha value is -2.44. The number of nitrogens with zero attached hydrogens (tertiary/aromatic N) is 1.